The number of aldehydes is 1. The van der Waals surface area contributed by atoms with Gasteiger partial charge in [0, 0.05) is 11.6 Å². The third-order valence-electron chi connectivity index (χ3n) is 2.24. The van der Waals surface area contributed by atoms with Crippen LogP contribution in [0.15, 0.2) is 23.1 Å². The van der Waals surface area contributed by atoms with E-state index in [-0.39, 0.29) is 23.7 Å². The van der Waals surface area contributed by atoms with E-state index in [2.05, 4.69) is 0 Å². The molecule has 0 fully saturated rings. The molecular formula is C10H14N2O3. The first-order valence-corrected chi connectivity index (χ1v) is 4.65. The molecule has 1 rings (SSSR count). The lowest BCUT2D eigenvalue weighted by Crippen LogP contribution is -2.40. The zero-order valence-electron chi connectivity index (χ0n) is 8.73. The van der Waals surface area contributed by atoms with Crippen molar-refractivity contribution in [1.29, 1.82) is 0 Å². The lowest BCUT2D eigenvalue weighted by Gasteiger charge is -2.26. The molecule has 1 aliphatic rings. The van der Waals surface area contributed by atoms with Crippen molar-refractivity contribution in [2.75, 3.05) is 0 Å². The standard InChI is InChI=1S/C10H14N2O3/c1-6(2)12(11)8-4-3-7(5-13)9(14)10(8)15/h4-6,14H,3,11H2,1-2H3. The number of hydrogen-bond acceptors (Lipinski definition) is 5. The highest BCUT2D eigenvalue weighted by Gasteiger charge is 2.26. The molecule has 0 saturated heterocycles. The second-order valence-corrected chi connectivity index (χ2v) is 3.62. The Balaban J connectivity index is 2.96. The van der Waals surface area contributed by atoms with Crippen molar-refractivity contribution in [3.05, 3.63) is 23.1 Å². The van der Waals surface area contributed by atoms with Gasteiger partial charge in [-0.15, -0.1) is 0 Å². The van der Waals surface area contributed by atoms with E-state index in [9.17, 15) is 14.7 Å². The first-order valence-electron chi connectivity index (χ1n) is 4.65. The summed E-state index contributed by atoms with van der Waals surface area (Å²) in [5.74, 6) is 4.55. The van der Waals surface area contributed by atoms with E-state index in [1.807, 2.05) is 13.8 Å². The van der Waals surface area contributed by atoms with Crippen molar-refractivity contribution >= 4 is 12.1 Å². The van der Waals surface area contributed by atoms with Crippen LogP contribution in [0.2, 0.25) is 0 Å². The largest absolute Gasteiger partial charge is 0.504 e. The molecule has 5 heteroatoms. The monoisotopic (exact) mass is 210 g/mol. The SMILES string of the molecule is CC(C)N(N)C1=CCC(C=O)=C(O)C1=O. The number of carbonyl (C=O) groups excluding carboxylic acids is 2. The fourth-order valence-electron chi connectivity index (χ4n) is 1.27. The Kier molecular flexibility index (Phi) is 3.26. The summed E-state index contributed by atoms with van der Waals surface area (Å²) in [5.41, 5.74) is 0.328. The number of allylic oxidation sites excluding steroid dienone is 2. The van der Waals surface area contributed by atoms with Crippen LogP contribution in [0.5, 0.6) is 0 Å². The zero-order chi connectivity index (χ0) is 11.6. The molecule has 1 aliphatic carbocycles. The molecule has 15 heavy (non-hydrogen) atoms. The van der Waals surface area contributed by atoms with Crippen LogP contribution in [-0.2, 0) is 9.59 Å². The quantitative estimate of drug-likeness (QED) is 0.401. The molecule has 82 valence electrons. The minimum Gasteiger partial charge on any atom is -0.504 e. The molecule has 0 aliphatic heterocycles. The Hall–Kier alpha value is -1.62. The van der Waals surface area contributed by atoms with Crippen LogP contribution in [0.25, 0.3) is 0 Å². The normalized spacial score (nSPS) is 16.8. The Morgan fingerprint density at radius 2 is 2.20 bits per heavy atom. The number of Topliss-reactive ketones (excluding diaryl/α,β-unsaturated/α-hetero) is 1. The summed E-state index contributed by atoms with van der Waals surface area (Å²) in [6, 6.07) is -0.0502. The van der Waals surface area contributed by atoms with E-state index in [0.717, 1.165) is 0 Å². The number of ketones is 1. The first-order chi connectivity index (χ1) is 6.99. The highest BCUT2D eigenvalue weighted by Crippen LogP contribution is 2.20. The minimum atomic E-state index is -0.598. The second kappa shape index (κ2) is 4.27. The highest BCUT2D eigenvalue weighted by molar-refractivity contribution is 6.10. The average Bonchev–Trinajstić information content (AvgIpc) is 2.21. The van der Waals surface area contributed by atoms with Crippen LogP contribution in [0.4, 0.5) is 0 Å². The topological polar surface area (TPSA) is 83.6 Å². The summed E-state index contributed by atoms with van der Waals surface area (Å²) >= 11 is 0. The molecule has 0 atom stereocenters. The van der Waals surface area contributed by atoms with E-state index in [0.29, 0.717) is 6.29 Å². The van der Waals surface area contributed by atoms with Crippen molar-refractivity contribution < 1.29 is 14.7 Å². The summed E-state index contributed by atoms with van der Waals surface area (Å²) < 4.78 is 0. The number of nitrogens with two attached hydrogens (primary N) is 1. The molecule has 3 N–H and O–H groups in total. The Bertz CT molecular complexity index is 356. The van der Waals surface area contributed by atoms with Gasteiger partial charge in [-0.25, -0.2) is 5.84 Å². The van der Waals surface area contributed by atoms with Crippen molar-refractivity contribution in [1.82, 2.24) is 5.01 Å². The van der Waals surface area contributed by atoms with Gasteiger partial charge in [-0.2, -0.15) is 0 Å². The first kappa shape index (κ1) is 11.5. The van der Waals surface area contributed by atoms with E-state index in [1.165, 1.54) is 5.01 Å². The number of hydrazine groups is 1. The number of aliphatic hydroxyl groups is 1. The summed E-state index contributed by atoms with van der Waals surface area (Å²) in [5, 5.41) is 10.7. The maximum absolute atomic E-state index is 11.6. The molecule has 0 spiro atoms. The van der Waals surface area contributed by atoms with Gasteiger partial charge in [-0.05, 0) is 20.3 Å². The average molecular weight is 210 g/mol. The maximum atomic E-state index is 11.6. The summed E-state index contributed by atoms with van der Waals surface area (Å²) in [7, 11) is 0. The van der Waals surface area contributed by atoms with Crippen molar-refractivity contribution in [2.45, 2.75) is 26.3 Å². The van der Waals surface area contributed by atoms with Crippen LogP contribution in [0.3, 0.4) is 0 Å². The Morgan fingerprint density at radius 3 is 2.67 bits per heavy atom. The fraction of sp³-hybridized carbons (Fsp3) is 0.400. The van der Waals surface area contributed by atoms with Crippen LogP contribution in [-0.4, -0.2) is 28.2 Å². The maximum Gasteiger partial charge on any atom is 0.244 e. The van der Waals surface area contributed by atoms with E-state index in [1.54, 1.807) is 6.08 Å². The molecule has 0 radical (unpaired) electrons. The predicted octanol–water partition coefficient (Wildman–Crippen LogP) is 0.438. The van der Waals surface area contributed by atoms with Crippen LogP contribution in [0, 0.1) is 0 Å². The second-order valence-electron chi connectivity index (χ2n) is 3.62. The van der Waals surface area contributed by atoms with Crippen molar-refractivity contribution in [2.24, 2.45) is 5.84 Å². The van der Waals surface area contributed by atoms with Gasteiger partial charge in [0.25, 0.3) is 0 Å². The minimum absolute atomic E-state index is 0.0502. The molecule has 0 aromatic carbocycles. The van der Waals surface area contributed by atoms with Gasteiger partial charge in [0.2, 0.25) is 5.78 Å². The zero-order valence-corrected chi connectivity index (χ0v) is 8.73. The van der Waals surface area contributed by atoms with Crippen LogP contribution >= 0.6 is 0 Å². The van der Waals surface area contributed by atoms with Gasteiger partial charge in [0.1, 0.15) is 6.29 Å². The number of hydrogen-bond donors (Lipinski definition) is 2. The Labute approximate surface area is 87.8 Å². The molecule has 0 heterocycles. The van der Waals surface area contributed by atoms with Gasteiger partial charge >= 0.3 is 0 Å². The van der Waals surface area contributed by atoms with E-state index >= 15 is 0 Å². The molecule has 0 aromatic rings. The molecule has 0 bridgehead atoms. The molecule has 0 aromatic heterocycles. The highest BCUT2D eigenvalue weighted by atomic mass is 16.3. The molecule has 0 unspecified atom stereocenters. The predicted molar refractivity (Wildman–Crippen MR) is 54.6 cm³/mol. The van der Waals surface area contributed by atoms with Gasteiger partial charge in [-0.3, -0.25) is 9.59 Å². The van der Waals surface area contributed by atoms with Crippen molar-refractivity contribution in [3.8, 4) is 0 Å². The number of carbonyl (C=O) groups is 2. The smallest absolute Gasteiger partial charge is 0.244 e. The van der Waals surface area contributed by atoms with Gasteiger partial charge in [0.05, 0.1) is 5.70 Å². The fourth-order valence-corrected chi connectivity index (χ4v) is 1.27. The summed E-state index contributed by atoms with van der Waals surface area (Å²) in [4.78, 5) is 22.1. The molecule has 5 nitrogen and oxygen atoms in total. The summed E-state index contributed by atoms with van der Waals surface area (Å²) in [6.07, 6.45) is 2.26. The molecule has 0 amide bonds. The third kappa shape index (κ3) is 2.07. The lowest BCUT2D eigenvalue weighted by atomic mass is 10.0. The van der Waals surface area contributed by atoms with Gasteiger partial charge < -0.3 is 10.1 Å². The van der Waals surface area contributed by atoms with Gasteiger partial charge in [-0.1, -0.05) is 6.08 Å². The lowest BCUT2D eigenvalue weighted by molar-refractivity contribution is -0.117. The molecule has 0 saturated carbocycles. The van der Waals surface area contributed by atoms with Crippen LogP contribution < -0.4 is 5.84 Å². The number of rotatable bonds is 3. The van der Waals surface area contributed by atoms with Crippen LogP contribution in [0.1, 0.15) is 20.3 Å². The van der Waals surface area contributed by atoms with Gasteiger partial charge in [0.15, 0.2) is 5.76 Å². The molecular weight excluding hydrogens is 196 g/mol. The van der Waals surface area contributed by atoms with Crippen molar-refractivity contribution in [3.63, 3.8) is 0 Å². The summed E-state index contributed by atoms with van der Waals surface area (Å²) in [6.45, 7) is 3.65. The van der Waals surface area contributed by atoms with E-state index < -0.39 is 11.5 Å². The third-order valence-corrected chi connectivity index (χ3v) is 2.24. The number of nitrogens with zero attached hydrogens (tertiary/aromatic N) is 1. The Morgan fingerprint density at radius 1 is 1.60 bits per heavy atom. The number of aliphatic hydroxyl groups excluding tert-OH is 1. The van der Waals surface area contributed by atoms with E-state index in [4.69, 9.17) is 5.84 Å².